The first-order valence-electron chi connectivity index (χ1n) is 20.3. The smallest absolute Gasteiger partial charge is 0.427 e. The molecule has 1 aromatic carbocycles. The summed E-state index contributed by atoms with van der Waals surface area (Å²) in [6.45, 7) is 7.05. The van der Waals surface area contributed by atoms with Gasteiger partial charge in [-0.25, -0.2) is 18.2 Å². The van der Waals surface area contributed by atoms with Crippen LogP contribution in [0.25, 0.3) is 10.8 Å². The highest BCUT2D eigenvalue weighted by atomic mass is 32.2. The van der Waals surface area contributed by atoms with Crippen LogP contribution >= 0.6 is 0 Å². The summed E-state index contributed by atoms with van der Waals surface area (Å²) in [5.41, 5.74) is -3.49. The Labute approximate surface area is 341 Å². The van der Waals surface area contributed by atoms with Gasteiger partial charge < -0.3 is 29.7 Å². The molecule has 2 saturated carbocycles. The van der Waals surface area contributed by atoms with Crippen LogP contribution in [0.3, 0.4) is 0 Å². The van der Waals surface area contributed by atoms with Crippen molar-refractivity contribution in [3.8, 4) is 11.6 Å². The number of halogens is 3. The summed E-state index contributed by atoms with van der Waals surface area (Å²) >= 11 is 0. The fourth-order valence-electron chi connectivity index (χ4n) is 8.39. The Hall–Kier alpha value is -4.61. The van der Waals surface area contributed by atoms with Crippen LogP contribution in [-0.4, -0.2) is 95.5 Å². The number of carbonyl (C=O) groups excluding carboxylic acids is 4. The first kappa shape index (κ1) is 42.5. The molecule has 2 aromatic rings. The Morgan fingerprint density at radius 1 is 1.12 bits per heavy atom. The van der Waals surface area contributed by atoms with Gasteiger partial charge in [0.2, 0.25) is 33.3 Å². The zero-order chi connectivity index (χ0) is 42.7. The van der Waals surface area contributed by atoms with Crippen molar-refractivity contribution in [2.45, 2.75) is 133 Å². The monoisotopic (exact) mass is 847 g/mol. The summed E-state index contributed by atoms with van der Waals surface area (Å²) in [5.74, 6) is -2.62. The molecule has 4 heterocycles. The maximum Gasteiger partial charge on any atom is 0.427 e. The minimum Gasteiger partial charge on any atom is -0.492 e. The van der Waals surface area contributed by atoms with Gasteiger partial charge in [0.1, 0.15) is 29.5 Å². The number of rotatable bonds is 8. The van der Waals surface area contributed by atoms with E-state index in [-0.39, 0.29) is 31.2 Å². The summed E-state index contributed by atoms with van der Waals surface area (Å²) < 4.78 is 86.2. The number of alkyl carbamates (subject to hydrolysis) is 1. The van der Waals surface area contributed by atoms with Gasteiger partial charge >= 0.3 is 12.3 Å². The number of aromatic nitrogens is 1. The van der Waals surface area contributed by atoms with Crippen molar-refractivity contribution in [1.29, 1.82) is 0 Å². The van der Waals surface area contributed by atoms with Gasteiger partial charge in [0.25, 0.3) is 5.91 Å². The number of ether oxygens (including phenoxy) is 3. The number of nitrogens with zero attached hydrogens (tertiary/aromatic N) is 2. The molecule has 5 aliphatic rings. The number of fused-ring (bicyclic) bond motifs is 5. The fraction of sp³-hybridized carbons (Fsp3) is 0.634. The molecule has 0 spiro atoms. The highest BCUT2D eigenvalue weighted by Crippen LogP contribution is 2.48. The maximum atomic E-state index is 14.9. The molecule has 0 unspecified atom stereocenters. The molecule has 0 radical (unpaired) electrons. The van der Waals surface area contributed by atoms with Crippen LogP contribution < -0.4 is 24.8 Å². The van der Waals surface area contributed by atoms with E-state index in [1.807, 2.05) is 25.1 Å². The zero-order valence-electron chi connectivity index (χ0n) is 33.8. The van der Waals surface area contributed by atoms with Crippen LogP contribution in [0.1, 0.15) is 91.5 Å². The second-order valence-corrected chi connectivity index (χ2v) is 19.7. The Kier molecular flexibility index (Phi) is 11.1. The summed E-state index contributed by atoms with van der Waals surface area (Å²) in [7, 11) is -4.08. The number of hydrogen-bond acceptors (Lipinski definition) is 10. The number of nitrogens with one attached hydrogen (secondary N) is 3. The van der Waals surface area contributed by atoms with Crippen LogP contribution in [0.5, 0.6) is 11.6 Å². The Balaban J connectivity index is 1.24. The van der Waals surface area contributed by atoms with E-state index < -0.39 is 85.9 Å². The molecule has 4 amide bonds. The molecule has 18 heteroatoms. The van der Waals surface area contributed by atoms with E-state index in [1.54, 1.807) is 32.2 Å². The molecule has 3 fully saturated rings. The number of amides is 4. The van der Waals surface area contributed by atoms with Crippen LogP contribution in [0.15, 0.2) is 36.5 Å². The van der Waals surface area contributed by atoms with E-state index in [1.165, 1.54) is 4.90 Å². The standard InChI is InChI=1S/C41H52F3N5O9S/c1-6-24-19-23(2)9-7-8-10-26-21-40(26,36(52)48-59(54,55)39(5)15-16-39)47-33(50)30-20-27(57-34-29-12-11-25-14-18-56-32(25)28(29)13-17-45-34)22-49(30)35(51)31(24)46-37(53)58-38(3,4)41(42,43)44/h8,10-13,17,23-24,26-27,30-31H,6-7,9,14-16,18-22H2,1-5H3,(H,46,53)(H,47,50)(H,48,52)/t23-,24+,26+,27+,30-,31-,40+/m0/s1. The SMILES string of the molecule is CC[C@@H]1C[C@@H](C)CCC=C[C@@H]2C[C@@]2(C(=O)NS(=O)(=O)C2(C)CC2)NC(=O)[C@@H]2C[C@@H](Oc3nccc4c5c(ccc34)CCO5)CN2C(=O)[C@H]1NC(=O)OC(C)(C)C(F)(F)F. The number of sulfonamides is 1. The van der Waals surface area contributed by atoms with Gasteiger partial charge in [-0.1, -0.05) is 38.5 Å². The third-order valence-electron chi connectivity index (χ3n) is 12.7. The van der Waals surface area contributed by atoms with Crippen molar-refractivity contribution in [1.82, 2.24) is 25.2 Å². The molecule has 14 nitrogen and oxygen atoms in total. The molecule has 1 saturated heterocycles. The second-order valence-electron chi connectivity index (χ2n) is 17.5. The van der Waals surface area contributed by atoms with Crippen molar-refractivity contribution in [3.05, 3.63) is 42.1 Å². The van der Waals surface area contributed by atoms with Crippen LogP contribution in [0.2, 0.25) is 0 Å². The molecule has 2 aliphatic carbocycles. The number of pyridine rings is 1. The zero-order valence-corrected chi connectivity index (χ0v) is 34.6. The minimum absolute atomic E-state index is 0.0285. The van der Waals surface area contributed by atoms with Crippen molar-refractivity contribution >= 4 is 44.6 Å². The molecule has 7 rings (SSSR count). The van der Waals surface area contributed by atoms with E-state index >= 15 is 0 Å². The lowest BCUT2D eigenvalue weighted by Gasteiger charge is -2.35. The molecule has 59 heavy (non-hydrogen) atoms. The third-order valence-corrected chi connectivity index (χ3v) is 14.9. The van der Waals surface area contributed by atoms with Crippen LogP contribution in [0, 0.1) is 17.8 Å². The minimum atomic E-state index is -4.91. The highest BCUT2D eigenvalue weighted by Gasteiger charge is 2.63. The topological polar surface area (TPSA) is 182 Å². The Morgan fingerprint density at radius 2 is 1.86 bits per heavy atom. The number of hydrogen-bond donors (Lipinski definition) is 3. The average Bonchev–Trinajstić information content (AvgIpc) is 3.94. The Bertz CT molecular complexity index is 2160. The summed E-state index contributed by atoms with van der Waals surface area (Å²) in [6, 6.07) is 2.86. The van der Waals surface area contributed by atoms with E-state index in [2.05, 4.69) is 20.3 Å². The van der Waals surface area contributed by atoms with Gasteiger partial charge in [-0.3, -0.25) is 19.1 Å². The molecule has 3 N–H and O–H groups in total. The average molecular weight is 848 g/mol. The van der Waals surface area contributed by atoms with Crippen molar-refractivity contribution in [2.24, 2.45) is 17.8 Å². The molecule has 322 valence electrons. The highest BCUT2D eigenvalue weighted by molar-refractivity contribution is 7.91. The largest absolute Gasteiger partial charge is 0.492 e. The Morgan fingerprint density at radius 3 is 2.56 bits per heavy atom. The number of allylic oxidation sites excluding steroid dienone is 1. The van der Waals surface area contributed by atoms with Crippen molar-refractivity contribution in [3.63, 3.8) is 0 Å². The second kappa shape index (κ2) is 15.4. The first-order valence-corrected chi connectivity index (χ1v) is 21.8. The maximum absolute atomic E-state index is 14.9. The van der Waals surface area contributed by atoms with Gasteiger partial charge in [-0.15, -0.1) is 0 Å². The lowest BCUT2D eigenvalue weighted by atomic mass is 9.85. The molecule has 7 atom stereocenters. The third kappa shape index (κ3) is 8.29. The molecular weight excluding hydrogens is 796 g/mol. The van der Waals surface area contributed by atoms with E-state index in [4.69, 9.17) is 14.2 Å². The predicted octanol–water partition coefficient (Wildman–Crippen LogP) is 5.23. The van der Waals surface area contributed by atoms with Gasteiger partial charge in [0.15, 0.2) is 0 Å². The molecule has 0 bridgehead atoms. The molecular formula is C41H52F3N5O9S. The van der Waals surface area contributed by atoms with E-state index in [0.717, 1.165) is 17.4 Å². The van der Waals surface area contributed by atoms with Gasteiger partial charge in [-0.2, -0.15) is 13.2 Å². The van der Waals surface area contributed by atoms with Gasteiger partial charge in [0, 0.05) is 35.7 Å². The first-order chi connectivity index (χ1) is 27.7. The van der Waals surface area contributed by atoms with Crippen molar-refractivity contribution in [2.75, 3.05) is 13.2 Å². The summed E-state index contributed by atoms with van der Waals surface area (Å²) in [5, 5.41) is 6.67. The lowest BCUT2D eigenvalue weighted by molar-refractivity contribution is -0.244. The van der Waals surface area contributed by atoms with Crippen LogP contribution in [0.4, 0.5) is 18.0 Å². The fourth-order valence-corrected chi connectivity index (χ4v) is 9.70. The summed E-state index contributed by atoms with van der Waals surface area (Å²) in [6.07, 6.45) is 1.45. The van der Waals surface area contributed by atoms with Gasteiger partial charge in [0.05, 0.1) is 17.9 Å². The summed E-state index contributed by atoms with van der Waals surface area (Å²) in [4.78, 5) is 62.4. The quantitative estimate of drug-likeness (QED) is 0.298. The number of benzene rings is 1. The van der Waals surface area contributed by atoms with Crippen LogP contribution in [-0.2, 0) is 35.6 Å². The number of alkyl halides is 3. The lowest BCUT2D eigenvalue weighted by Crippen LogP contribution is -2.60. The van der Waals surface area contributed by atoms with E-state index in [0.29, 0.717) is 70.1 Å². The van der Waals surface area contributed by atoms with Crippen molar-refractivity contribution < 1.29 is 55.0 Å². The number of carbonyl (C=O) groups is 4. The van der Waals surface area contributed by atoms with Gasteiger partial charge in [-0.05, 0) is 88.8 Å². The normalized spacial score (nSPS) is 29.5. The molecule has 1 aromatic heterocycles. The predicted molar refractivity (Wildman–Crippen MR) is 209 cm³/mol. The van der Waals surface area contributed by atoms with E-state index in [9.17, 15) is 40.8 Å². The molecule has 3 aliphatic heterocycles.